The van der Waals surface area contributed by atoms with E-state index >= 15 is 0 Å². The maximum atomic E-state index is 10.5. The number of aliphatic hydroxyl groups is 1. The second-order valence-electron chi connectivity index (χ2n) is 2.70. The summed E-state index contributed by atoms with van der Waals surface area (Å²) in [4.78, 5) is 41.9. The minimum Gasteiger partial charge on any atom is -0.808 e. The van der Waals surface area contributed by atoms with Crippen molar-refractivity contribution < 1.29 is 152 Å². The fraction of sp³-hybridized carbons (Fsp3) is 1.00. The normalized spacial score (nSPS) is 13.1. The first-order chi connectivity index (χ1) is 5.98. The van der Waals surface area contributed by atoms with Gasteiger partial charge in [-0.25, -0.2) is 0 Å². The average Bonchev–Trinajstić information content (AvgIpc) is 1.97. The molecule has 0 rings (SSSR count). The molecule has 0 spiro atoms. The molecular formula is C4H9NNa4O7P2. The number of hydrogen-bond donors (Lipinski definition) is 2. The van der Waals surface area contributed by atoms with Gasteiger partial charge in [-0.05, 0) is 21.6 Å². The third kappa shape index (κ3) is 8.18. The van der Waals surface area contributed by atoms with Crippen molar-refractivity contribution in [3.8, 4) is 0 Å². The van der Waals surface area contributed by atoms with E-state index in [0.717, 1.165) is 0 Å². The molecule has 0 aromatic rings. The summed E-state index contributed by atoms with van der Waals surface area (Å²) in [5.41, 5.74) is 4.93. The Morgan fingerprint density at radius 1 is 1.06 bits per heavy atom. The summed E-state index contributed by atoms with van der Waals surface area (Å²) in [5, 5.41) is 5.10. The number of hydrogen-bond acceptors (Lipinski definition) is 8. The van der Waals surface area contributed by atoms with Crippen molar-refractivity contribution in [2.24, 2.45) is 5.73 Å². The fourth-order valence-corrected chi connectivity index (χ4v) is 3.21. The Hall–Kier alpha value is 4.22. The van der Waals surface area contributed by atoms with Crippen LogP contribution in [0.15, 0.2) is 0 Å². The van der Waals surface area contributed by atoms with Gasteiger partial charge in [-0.1, -0.05) is 6.92 Å². The van der Waals surface area contributed by atoms with E-state index in [1.54, 1.807) is 0 Å². The van der Waals surface area contributed by atoms with Crippen LogP contribution in [0.4, 0.5) is 0 Å². The van der Waals surface area contributed by atoms with Gasteiger partial charge in [-0.3, -0.25) is 0 Å². The van der Waals surface area contributed by atoms with Gasteiger partial charge in [0.05, 0.1) is 0 Å². The van der Waals surface area contributed by atoms with Crippen molar-refractivity contribution in [1.29, 1.82) is 0 Å². The zero-order chi connectivity index (χ0) is 11.8. The van der Waals surface area contributed by atoms with E-state index < -0.39 is 26.3 Å². The van der Waals surface area contributed by atoms with Gasteiger partial charge < -0.3 is 39.5 Å². The fourth-order valence-electron chi connectivity index (χ4n) is 0.830. The minimum atomic E-state index is -6.04. The molecule has 0 aliphatic rings. The molecule has 0 amide bonds. The van der Waals surface area contributed by atoms with Crippen LogP contribution in [0.2, 0.25) is 0 Å². The quantitative estimate of drug-likeness (QED) is 0.376. The third-order valence-corrected chi connectivity index (χ3v) is 5.49. The molecule has 18 heavy (non-hydrogen) atoms. The SMILES string of the molecule is CC[C@H](N)C(O)(P(=O)([O-])[O-])P(=O)([O-])[O-].[Na+].[Na+].[Na+].[Na+]. The van der Waals surface area contributed by atoms with Crippen LogP contribution in [0.25, 0.3) is 0 Å². The van der Waals surface area contributed by atoms with Crippen molar-refractivity contribution in [2.45, 2.75) is 24.5 Å². The second-order valence-corrected chi connectivity index (χ2v) is 6.40. The van der Waals surface area contributed by atoms with Crippen molar-refractivity contribution in [1.82, 2.24) is 0 Å². The van der Waals surface area contributed by atoms with E-state index in [1.807, 2.05) is 0 Å². The minimum absolute atomic E-state index is 0. The molecule has 14 heteroatoms. The van der Waals surface area contributed by atoms with Gasteiger partial charge in [0.25, 0.3) is 0 Å². The van der Waals surface area contributed by atoms with Crippen LogP contribution in [0.3, 0.4) is 0 Å². The van der Waals surface area contributed by atoms with E-state index in [2.05, 4.69) is 0 Å². The molecule has 0 fully saturated rings. The molecule has 0 aromatic carbocycles. The molecule has 1 atom stereocenters. The van der Waals surface area contributed by atoms with Crippen LogP contribution in [0, 0.1) is 0 Å². The number of nitrogens with two attached hydrogens (primary N) is 1. The van der Waals surface area contributed by atoms with Gasteiger partial charge in [0.15, 0.2) is 0 Å². The van der Waals surface area contributed by atoms with Crippen LogP contribution in [0.1, 0.15) is 13.3 Å². The van der Waals surface area contributed by atoms with Crippen molar-refractivity contribution >= 4 is 15.2 Å². The molecule has 8 nitrogen and oxygen atoms in total. The molecule has 0 aliphatic carbocycles. The summed E-state index contributed by atoms with van der Waals surface area (Å²) >= 11 is 0. The third-order valence-electron chi connectivity index (χ3n) is 1.74. The van der Waals surface area contributed by atoms with Crippen LogP contribution in [-0.4, -0.2) is 16.2 Å². The maximum absolute atomic E-state index is 10.5. The molecule has 0 aliphatic heterocycles. The first-order valence-electron chi connectivity index (χ1n) is 3.50. The standard InChI is InChI=1S/C4H13NO7P2.4Na/c1-2-3(5)4(6,13(7,8)9)14(10,11)12;;;;/h3,6H,2,5H2,1H3,(H2,7,8,9)(H2,10,11,12);;;;/q;4*+1/p-4/t3-;;;;/m0..../s1. The van der Waals surface area contributed by atoms with E-state index in [4.69, 9.17) is 10.8 Å². The van der Waals surface area contributed by atoms with Crippen LogP contribution >= 0.6 is 15.2 Å². The summed E-state index contributed by atoms with van der Waals surface area (Å²) < 4.78 is 20.9. The van der Waals surface area contributed by atoms with Crippen molar-refractivity contribution in [3.63, 3.8) is 0 Å². The first-order valence-corrected chi connectivity index (χ1v) is 6.59. The molecule has 0 radical (unpaired) electrons. The molecule has 0 aromatic heterocycles. The van der Waals surface area contributed by atoms with Gasteiger partial charge in [0.1, 0.15) is 5.08 Å². The van der Waals surface area contributed by atoms with Gasteiger partial charge >= 0.3 is 118 Å². The molecule has 3 N–H and O–H groups in total. The summed E-state index contributed by atoms with van der Waals surface area (Å²) in [6.45, 7) is 1.22. The second kappa shape index (κ2) is 12.6. The Morgan fingerprint density at radius 3 is 1.33 bits per heavy atom. The molecule has 0 saturated carbocycles. The van der Waals surface area contributed by atoms with Crippen LogP contribution in [0.5, 0.6) is 0 Å². The molecule has 0 unspecified atom stereocenters. The Bertz CT molecular complexity index is 284. The van der Waals surface area contributed by atoms with Gasteiger partial charge in [0, 0.05) is 6.04 Å². The maximum Gasteiger partial charge on any atom is 1.00 e. The summed E-state index contributed by atoms with van der Waals surface area (Å²) in [7, 11) is -12.1. The van der Waals surface area contributed by atoms with Gasteiger partial charge in [-0.2, -0.15) is 0 Å². The summed E-state index contributed by atoms with van der Waals surface area (Å²) in [5.74, 6) is 0. The van der Waals surface area contributed by atoms with Crippen molar-refractivity contribution in [3.05, 3.63) is 0 Å². The van der Waals surface area contributed by atoms with Crippen LogP contribution < -0.4 is 144 Å². The summed E-state index contributed by atoms with van der Waals surface area (Å²) in [6.07, 6.45) is -0.348. The Balaban J connectivity index is -0.000000141. The average molecular weight is 337 g/mol. The van der Waals surface area contributed by atoms with E-state index in [0.29, 0.717) is 0 Å². The molecule has 0 heterocycles. The summed E-state index contributed by atoms with van der Waals surface area (Å²) in [6, 6.07) is -1.95. The zero-order valence-corrected chi connectivity index (χ0v) is 20.9. The van der Waals surface area contributed by atoms with Gasteiger partial charge in [0.2, 0.25) is 0 Å². The predicted octanol–water partition coefficient (Wildman–Crippen LogP) is -15.8. The topological polar surface area (TPSA) is 173 Å². The molecule has 0 bridgehead atoms. The first kappa shape index (κ1) is 33.7. The largest absolute Gasteiger partial charge is 1.00 e. The Kier molecular flexibility index (Phi) is 23.7. The monoisotopic (exact) mass is 337 g/mol. The smallest absolute Gasteiger partial charge is 0.808 e. The Labute approximate surface area is 194 Å². The van der Waals surface area contributed by atoms with Crippen LogP contribution in [-0.2, 0) is 9.13 Å². The molecular weight excluding hydrogens is 328 g/mol. The van der Waals surface area contributed by atoms with E-state index in [1.165, 1.54) is 6.92 Å². The number of rotatable bonds is 4. The van der Waals surface area contributed by atoms with E-state index in [-0.39, 0.29) is 125 Å². The molecule has 86 valence electrons. The molecule has 0 saturated heterocycles. The predicted molar refractivity (Wildman–Crippen MR) is 38.4 cm³/mol. The zero-order valence-electron chi connectivity index (χ0n) is 11.2. The Morgan fingerprint density at radius 2 is 1.28 bits per heavy atom. The van der Waals surface area contributed by atoms with Gasteiger partial charge in [-0.15, -0.1) is 0 Å². The van der Waals surface area contributed by atoms with E-state index in [9.17, 15) is 28.7 Å². The van der Waals surface area contributed by atoms with Crippen molar-refractivity contribution in [2.75, 3.05) is 0 Å².